The normalized spacial score (nSPS) is 14.6. The lowest BCUT2D eigenvalue weighted by Crippen LogP contribution is -2.31. The summed E-state index contributed by atoms with van der Waals surface area (Å²) in [5.74, 6) is 0.328. The molecule has 21 heavy (non-hydrogen) atoms. The molecule has 110 valence electrons. The van der Waals surface area contributed by atoms with Crippen LogP contribution in [0.5, 0.6) is 5.88 Å². The lowest BCUT2D eigenvalue weighted by Gasteiger charge is -2.28. The van der Waals surface area contributed by atoms with Crippen molar-refractivity contribution in [2.24, 2.45) is 0 Å². The van der Waals surface area contributed by atoms with E-state index in [9.17, 15) is 4.79 Å². The van der Waals surface area contributed by atoms with Crippen molar-refractivity contribution in [2.75, 3.05) is 19.1 Å². The van der Waals surface area contributed by atoms with E-state index in [1.807, 2.05) is 10.7 Å². The Labute approximate surface area is 123 Å². The molecule has 0 spiro atoms. The fourth-order valence-electron chi connectivity index (χ4n) is 2.48. The summed E-state index contributed by atoms with van der Waals surface area (Å²) in [5, 5.41) is 4.30. The fourth-order valence-corrected chi connectivity index (χ4v) is 2.48. The van der Waals surface area contributed by atoms with Crippen LogP contribution in [0.2, 0.25) is 0 Å². The molecule has 6 heteroatoms. The van der Waals surface area contributed by atoms with Gasteiger partial charge in [0.2, 0.25) is 5.88 Å². The van der Waals surface area contributed by atoms with Gasteiger partial charge in [0.15, 0.2) is 0 Å². The largest absolute Gasteiger partial charge is 0.480 e. The van der Waals surface area contributed by atoms with Crippen LogP contribution in [0.25, 0.3) is 0 Å². The summed E-state index contributed by atoms with van der Waals surface area (Å²) in [4.78, 5) is 18.4. The molecule has 0 unspecified atom stereocenters. The highest BCUT2D eigenvalue weighted by molar-refractivity contribution is 6.05. The Kier molecular flexibility index (Phi) is 3.60. The number of methoxy groups -OCH3 is 1. The minimum Gasteiger partial charge on any atom is -0.480 e. The van der Waals surface area contributed by atoms with Crippen LogP contribution in [0.1, 0.15) is 35.8 Å². The number of hydrogen-bond donors (Lipinski definition) is 0. The highest BCUT2D eigenvalue weighted by Gasteiger charge is 2.27. The second kappa shape index (κ2) is 5.55. The zero-order chi connectivity index (χ0) is 14.8. The molecule has 2 aromatic heterocycles. The van der Waals surface area contributed by atoms with E-state index < -0.39 is 0 Å². The first-order chi connectivity index (χ1) is 10.2. The molecule has 1 aliphatic carbocycles. The van der Waals surface area contributed by atoms with Gasteiger partial charge in [-0.3, -0.25) is 9.48 Å². The van der Waals surface area contributed by atoms with E-state index in [2.05, 4.69) is 10.1 Å². The van der Waals surface area contributed by atoms with Crippen molar-refractivity contribution in [3.63, 3.8) is 0 Å². The van der Waals surface area contributed by atoms with E-state index in [-0.39, 0.29) is 5.91 Å². The van der Waals surface area contributed by atoms with Crippen LogP contribution in [0.4, 0.5) is 5.69 Å². The third-order valence-corrected chi connectivity index (χ3v) is 3.92. The van der Waals surface area contributed by atoms with Gasteiger partial charge in [0.05, 0.1) is 13.2 Å². The van der Waals surface area contributed by atoms with Gasteiger partial charge < -0.3 is 9.64 Å². The van der Waals surface area contributed by atoms with Crippen molar-refractivity contribution in [3.05, 3.63) is 36.3 Å². The number of pyridine rings is 1. The van der Waals surface area contributed by atoms with Gasteiger partial charge in [0.1, 0.15) is 11.4 Å². The number of anilines is 1. The van der Waals surface area contributed by atoms with E-state index in [0.717, 1.165) is 12.8 Å². The number of amides is 1. The monoisotopic (exact) mass is 286 g/mol. The summed E-state index contributed by atoms with van der Waals surface area (Å²) in [5.41, 5.74) is 1.25. The number of carbonyl (C=O) groups excluding carboxylic acids is 1. The van der Waals surface area contributed by atoms with E-state index in [1.165, 1.54) is 6.42 Å². The molecular formula is C15H18N4O2. The first-order valence-corrected chi connectivity index (χ1v) is 7.03. The molecule has 1 fully saturated rings. The van der Waals surface area contributed by atoms with Crippen LogP contribution in [0.15, 0.2) is 30.6 Å². The summed E-state index contributed by atoms with van der Waals surface area (Å²) in [6.07, 6.45) is 6.69. The number of ether oxygens (including phenoxy) is 1. The highest BCUT2D eigenvalue weighted by atomic mass is 16.5. The summed E-state index contributed by atoms with van der Waals surface area (Å²) in [6.45, 7) is 0. The van der Waals surface area contributed by atoms with Crippen LogP contribution >= 0.6 is 0 Å². The predicted molar refractivity (Wildman–Crippen MR) is 78.6 cm³/mol. The maximum absolute atomic E-state index is 12.7. The summed E-state index contributed by atoms with van der Waals surface area (Å²) >= 11 is 0. The third-order valence-electron chi connectivity index (χ3n) is 3.92. The van der Waals surface area contributed by atoms with Crippen molar-refractivity contribution in [2.45, 2.75) is 25.3 Å². The minimum absolute atomic E-state index is 0.106. The quantitative estimate of drug-likeness (QED) is 0.865. The van der Waals surface area contributed by atoms with Crippen molar-refractivity contribution in [3.8, 4) is 5.88 Å². The lowest BCUT2D eigenvalue weighted by atomic mass is 9.93. The van der Waals surface area contributed by atoms with E-state index in [0.29, 0.717) is 23.3 Å². The molecule has 0 aromatic carbocycles. The second-order valence-electron chi connectivity index (χ2n) is 5.14. The SMILES string of the molecule is COc1ncccc1N(C)C(=O)c1ccnn1C1CCC1. The van der Waals surface area contributed by atoms with Gasteiger partial charge in [-0.1, -0.05) is 0 Å². The van der Waals surface area contributed by atoms with Crippen molar-refractivity contribution in [1.29, 1.82) is 0 Å². The standard InChI is InChI=1S/C15H18N4O2/c1-18(12-7-4-9-16-14(12)21-2)15(20)13-8-10-17-19(13)11-5-3-6-11/h4,7-11H,3,5-6H2,1-2H3. The second-order valence-corrected chi connectivity index (χ2v) is 5.14. The number of carbonyl (C=O) groups is 1. The molecule has 1 saturated carbocycles. The molecule has 1 amide bonds. The average molecular weight is 286 g/mol. The lowest BCUT2D eigenvalue weighted by molar-refractivity contribution is 0.0974. The van der Waals surface area contributed by atoms with Gasteiger partial charge in [-0.05, 0) is 37.5 Å². The van der Waals surface area contributed by atoms with Crippen molar-refractivity contribution >= 4 is 11.6 Å². The molecule has 0 radical (unpaired) electrons. The van der Waals surface area contributed by atoms with Crippen molar-refractivity contribution in [1.82, 2.24) is 14.8 Å². The van der Waals surface area contributed by atoms with Gasteiger partial charge in [0.25, 0.3) is 5.91 Å². The molecule has 6 nitrogen and oxygen atoms in total. The Morgan fingerprint density at radius 2 is 2.19 bits per heavy atom. The fraction of sp³-hybridized carbons (Fsp3) is 0.400. The van der Waals surface area contributed by atoms with Crippen LogP contribution in [0, 0.1) is 0 Å². The molecular weight excluding hydrogens is 268 g/mol. The van der Waals surface area contributed by atoms with Crippen LogP contribution < -0.4 is 9.64 Å². The molecule has 0 bridgehead atoms. The van der Waals surface area contributed by atoms with Crippen LogP contribution in [-0.4, -0.2) is 34.8 Å². The van der Waals surface area contributed by atoms with Crippen LogP contribution in [-0.2, 0) is 0 Å². The molecule has 0 saturated heterocycles. The number of hydrogen-bond acceptors (Lipinski definition) is 4. The van der Waals surface area contributed by atoms with Gasteiger partial charge >= 0.3 is 0 Å². The van der Waals surface area contributed by atoms with E-state index >= 15 is 0 Å². The average Bonchev–Trinajstić information content (AvgIpc) is 2.92. The Bertz CT molecular complexity index is 649. The Balaban J connectivity index is 1.89. The first-order valence-electron chi connectivity index (χ1n) is 7.03. The van der Waals surface area contributed by atoms with E-state index in [4.69, 9.17) is 4.74 Å². The molecule has 3 rings (SSSR count). The van der Waals surface area contributed by atoms with Gasteiger partial charge in [-0.15, -0.1) is 0 Å². The van der Waals surface area contributed by atoms with Crippen LogP contribution in [0.3, 0.4) is 0 Å². The zero-order valence-corrected chi connectivity index (χ0v) is 12.2. The molecule has 0 aliphatic heterocycles. The van der Waals surface area contributed by atoms with Gasteiger partial charge in [-0.25, -0.2) is 4.98 Å². The Morgan fingerprint density at radius 3 is 2.86 bits per heavy atom. The number of nitrogens with zero attached hydrogens (tertiary/aromatic N) is 4. The Morgan fingerprint density at radius 1 is 1.38 bits per heavy atom. The molecule has 1 aliphatic rings. The maximum atomic E-state index is 12.7. The smallest absolute Gasteiger partial charge is 0.276 e. The van der Waals surface area contributed by atoms with Gasteiger partial charge in [-0.2, -0.15) is 5.10 Å². The van der Waals surface area contributed by atoms with Crippen molar-refractivity contribution < 1.29 is 9.53 Å². The number of rotatable bonds is 4. The number of aromatic nitrogens is 3. The topological polar surface area (TPSA) is 60.2 Å². The van der Waals surface area contributed by atoms with Gasteiger partial charge in [0, 0.05) is 19.4 Å². The molecule has 0 atom stereocenters. The molecule has 0 N–H and O–H groups in total. The third kappa shape index (κ3) is 2.37. The molecule has 2 heterocycles. The summed E-state index contributed by atoms with van der Waals surface area (Å²) in [7, 11) is 3.27. The predicted octanol–water partition coefficient (Wildman–Crippen LogP) is 2.29. The summed E-state index contributed by atoms with van der Waals surface area (Å²) in [6, 6.07) is 5.71. The highest BCUT2D eigenvalue weighted by Crippen LogP contribution is 2.32. The minimum atomic E-state index is -0.106. The maximum Gasteiger partial charge on any atom is 0.276 e. The summed E-state index contributed by atoms with van der Waals surface area (Å²) < 4.78 is 7.06. The first kappa shape index (κ1) is 13.6. The zero-order valence-electron chi connectivity index (χ0n) is 12.2. The molecule has 2 aromatic rings. The Hall–Kier alpha value is -2.37. The van der Waals surface area contributed by atoms with E-state index in [1.54, 1.807) is 43.6 Å².